The second-order valence-electron chi connectivity index (χ2n) is 5.32. The van der Waals surface area contributed by atoms with Gasteiger partial charge in [-0.1, -0.05) is 11.6 Å². The van der Waals surface area contributed by atoms with Gasteiger partial charge in [-0.3, -0.25) is 4.79 Å². The minimum atomic E-state index is -4.54. The topological polar surface area (TPSA) is 69.7 Å². The number of benzene rings is 1. The Labute approximate surface area is 158 Å². The molecule has 0 aliphatic rings. The number of hydrogen-bond acceptors (Lipinski definition) is 5. The number of methoxy groups -OCH3 is 1. The number of carbonyl (C=O) groups is 1. The molecule has 0 saturated heterocycles. The number of aromatic nitrogens is 1. The number of nitrogens with one attached hydrogen (secondary N) is 1. The maximum absolute atomic E-state index is 12.6. The third-order valence-corrected chi connectivity index (χ3v) is 3.52. The smallest absolute Gasteiger partial charge is 0.417 e. The van der Waals surface area contributed by atoms with Crippen molar-refractivity contribution >= 4 is 17.5 Å². The van der Waals surface area contributed by atoms with Crippen LogP contribution in [0.15, 0.2) is 36.5 Å². The molecule has 10 heteroatoms. The Balaban J connectivity index is 2.00. The molecule has 1 aromatic heterocycles. The van der Waals surface area contributed by atoms with Crippen molar-refractivity contribution in [2.75, 3.05) is 13.8 Å². The van der Waals surface area contributed by atoms with Crippen LogP contribution in [0.4, 0.5) is 13.2 Å². The highest BCUT2D eigenvalue weighted by Gasteiger charge is 2.31. The largest absolute Gasteiger partial charge is 0.481 e. The molecule has 1 unspecified atom stereocenters. The standard InChI is InChI=1S/C17H16ClF3N2O4/c1-10(15(24)23-9-25-2)26-12-3-5-13(6-4-12)27-16-14(18)7-11(8-22-16)17(19,20)21/h3-8,10H,9H2,1-2H3,(H,23,24). The van der Waals surface area contributed by atoms with Crippen molar-refractivity contribution < 1.29 is 32.2 Å². The Hall–Kier alpha value is -2.52. The van der Waals surface area contributed by atoms with Crippen molar-refractivity contribution in [2.45, 2.75) is 19.2 Å². The molecule has 27 heavy (non-hydrogen) atoms. The summed E-state index contributed by atoms with van der Waals surface area (Å²) in [5.74, 6) is 0.172. The molecule has 146 valence electrons. The van der Waals surface area contributed by atoms with Gasteiger partial charge >= 0.3 is 6.18 Å². The summed E-state index contributed by atoms with van der Waals surface area (Å²) in [6, 6.07) is 6.82. The van der Waals surface area contributed by atoms with Crippen LogP contribution in [0.25, 0.3) is 0 Å². The Morgan fingerprint density at radius 2 is 1.89 bits per heavy atom. The SMILES string of the molecule is COCNC(=O)C(C)Oc1ccc(Oc2ncc(C(F)(F)F)cc2Cl)cc1. The first-order valence-electron chi connectivity index (χ1n) is 7.64. The summed E-state index contributed by atoms with van der Waals surface area (Å²) >= 11 is 5.80. The fourth-order valence-corrected chi connectivity index (χ4v) is 2.10. The van der Waals surface area contributed by atoms with Gasteiger partial charge in [0.05, 0.1) is 5.56 Å². The number of nitrogens with zero attached hydrogens (tertiary/aromatic N) is 1. The number of halogens is 4. The normalized spacial score (nSPS) is 12.4. The van der Waals surface area contributed by atoms with Crippen LogP contribution in [0.2, 0.25) is 5.02 Å². The van der Waals surface area contributed by atoms with Crippen LogP contribution >= 0.6 is 11.6 Å². The highest BCUT2D eigenvalue weighted by molar-refractivity contribution is 6.31. The number of rotatable bonds is 7. The molecule has 2 aromatic rings. The second-order valence-corrected chi connectivity index (χ2v) is 5.72. The summed E-state index contributed by atoms with van der Waals surface area (Å²) in [6.07, 6.45) is -4.66. The van der Waals surface area contributed by atoms with E-state index >= 15 is 0 Å². The summed E-state index contributed by atoms with van der Waals surface area (Å²) < 4.78 is 53.4. The summed E-state index contributed by atoms with van der Waals surface area (Å²) in [4.78, 5) is 15.3. The lowest BCUT2D eigenvalue weighted by Gasteiger charge is -2.15. The van der Waals surface area contributed by atoms with E-state index in [1.165, 1.54) is 31.4 Å². The lowest BCUT2D eigenvalue weighted by Crippen LogP contribution is -2.37. The van der Waals surface area contributed by atoms with Crippen LogP contribution in [0.5, 0.6) is 17.4 Å². The zero-order valence-electron chi connectivity index (χ0n) is 14.3. The van der Waals surface area contributed by atoms with Crippen LogP contribution < -0.4 is 14.8 Å². The summed E-state index contributed by atoms with van der Waals surface area (Å²) in [6.45, 7) is 1.64. The van der Waals surface area contributed by atoms with E-state index in [1.807, 2.05) is 0 Å². The van der Waals surface area contributed by atoms with E-state index in [0.717, 1.165) is 6.07 Å². The van der Waals surface area contributed by atoms with E-state index < -0.39 is 17.8 Å². The van der Waals surface area contributed by atoms with Gasteiger partial charge in [0.1, 0.15) is 23.3 Å². The molecular weight excluding hydrogens is 389 g/mol. The second kappa shape index (κ2) is 8.92. The zero-order chi connectivity index (χ0) is 20.0. The van der Waals surface area contributed by atoms with E-state index in [0.29, 0.717) is 11.9 Å². The highest BCUT2D eigenvalue weighted by atomic mass is 35.5. The lowest BCUT2D eigenvalue weighted by molar-refractivity contribution is -0.137. The Morgan fingerprint density at radius 1 is 1.26 bits per heavy atom. The molecule has 6 nitrogen and oxygen atoms in total. The fraction of sp³-hybridized carbons (Fsp3) is 0.294. The van der Waals surface area contributed by atoms with E-state index in [2.05, 4.69) is 10.3 Å². The Morgan fingerprint density at radius 3 is 2.44 bits per heavy atom. The monoisotopic (exact) mass is 404 g/mol. The molecule has 1 amide bonds. The molecule has 1 aromatic carbocycles. The molecular formula is C17H16ClF3N2O4. The van der Waals surface area contributed by atoms with Crippen molar-refractivity contribution in [3.05, 3.63) is 47.1 Å². The van der Waals surface area contributed by atoms with Gasteiger partial charge in [0.15, 0.2) is 6.10 Å². The molecule has 1 atom stereocenters. The predicted molar refractivity (Wildman–Crippen MR) is 90.9 cm³/mol. The third-order valence-electron chi connectivity index (χ3n) is 3.25. The van der Waals surface area contributed by atoms with Crippen molar-refractivity contribution in [2.24, 2.45) is 0 Å². The first kappa shape index (κ1) is 20.8. The predicted octanol–water partition coefficient (Wildman–Crippen LogP) is 4.03. The number of amides is 1. The number of carbonyl (C=O) groups excluding carboxylic acids is 1. The minimum absolute atomic E-state index is 0.0696. The summed E-state index contributed by atoms with van der Waals surface area (Å²) in [7, 11) is 1.45. The molecule has 0 bridgehead atoms. The van der Waals surface area contributed by atoms with Crippen molar-refractivity contribution in [1.29, 1.82) is 0 Å². The quantitative estimate of drug-likeness (QED) is 0.705. The van der Waals surface area contributed by atoms with E-state index in [4.69, 9.17) is 25.8 Å². The third kappa shape index (κ3) is 6.00. The maximum Gasteiger partial charge on any atom is 0.417 e. The molecule has 0 aliphatic heterocycles. The average molecular weight is 405 g/mol. The van der Waals surface area contributed by atoms with Crippen LogP contribution in [0.3, 0.4) is 0 Å². The molecule has 2 rings (SSSR count). The van der Waals surface area contributed by atoms with Crippen molar-refractivity contribution in [3.63, 3.8) is 0 Å². The van der Waals surface area contributed by atoms with E-state index in [1.54, 1.807) is 6.92 Å². The van der Waals surface area contributed by atoms with Crippen molar-refractivity contribution in [1.82, 2.24) is 10.3 Å². The molecule has 0 spiro atoms. The van der Waals surface area contributed by atoms with Gasteiger partial charge in [-0.2, -0.15) is 13.2 Å². The van der Waals surface area contributed by atoms with Crippen LogP contribution in [0, 0.1) is 0 Å². The molecule has 0 radical (unpaired) electrons. The van der Waals surface area contributed by atoms with Gasteiger partial charge < -0.3 is 19.5 Å². The minimum Gasteiger partial charge on any atom is -0.481 e. The number of ether oxygens (including phenoxy) is 3. The average Bonchev–Trinajstić information content (AvgIpc) is 2.62. The molecule has 1 heterocycles. The lowest BCUT2D eigenvalue weighted by atomic mass is 10.3. The number of pyridine rings is 1. The van der Waals surface area contributed by atoms with Gasteiger partial charge in [0.2, 0.25) is 5.88 Å². The van der Waals surface area contributed by atoms with Gasteiger partial charge in [-0.25, -0.2) is 4.98 Å². The highest BCUT2D eigenvalue weighted by Crippen LogP contribution is 2.34. The van der Waals surface area contributed by atoms with Gasteiger partial charge in [0, 0.05) is 13.3 Å². The van der Waals surface area contributed by atoms with Gasteiger partial charge in [0.25, 0.3) is 5.91 Å². The first-order valence-corrected chi connectivity index (χ1v) is 8.02. The zero-order valence-corrected chi connectivity index (χ0v) is 15.1. The summed E-state index contributed by atoms with van der Waals surface area (Å²) in [5.41, 5.74) is -0.968. The van der Waals surface area contributed by atoms with E-state index in [9.17, 15) is 18.0 Å². The Kier molecular flexibility index (Phi) is 6.86. The molecule has 1 N–H and O–H groups in total. The molecule has 0 aliphatic carbocycles. The Bertz CT molecular complexity index is 785. The van der Waals surface area contributed by atoms with Crippen molar-refractivity contribution in [3.8, 4) is 17.4 Å². The van der Waals surface area contributed by atoms with Crippen LogP contribution in [-0.2, 0) is 15.7 Å². The number of alkyl halides is 3. The van der Waals surface area contributed by atoms with Crippen LogP contribution in [-0.4, -0.2) is 30.8 Å². The fourth-order valence-electron chi connectivity index (χ4n) is 1.90. The maximum atomic E-state index is 12.6. The molecule has 0 saturated carbocycles. The summed E-state index contributed by atoms with van der Waals surface area (Å²) in [5, 5.41) is 2.23. The first-order chi connectivity index (χ1) is 12.7. The number of hydrogen-bond donors (Lipinski definition) is 1. The van der Waals surface area contributed by atoms with E-state index in [-0.39, 0.29) is 29.3 Å². The van der Waals surface area contributed by atoms with Gasteiger partial charge in [-0.05, 0) is 37.3 Å². The van der Waals surface area contributed by atoms with Crippen LogP contribution in [0.1, 0.15) is 12.5 Å². The molecule has 0 fully saturated rings. The van der Waals surface area contributed by atoms with Gasteiger partial charge in [-0.15, -0.1) is 0 Å².